The van der Waals surface area contributed by atoms with Crippen LogP contribution >= 0.6 is 0 Å². The summed E-state index contributed by atoms with van der Waals surface area (Å²) in [7, 11) is 1.82. The highest BCUT2D eigenvalue weighted by molar-refractivity contribution is 5.98. The molecule has 0 spiro atoms. The molecule has 0 aliphatic carbocycles. The van der Waals surface area contributed by atoms with Gasteiger partial charge in [-0.2, -0.15) is 0 Å². The Labute approximate surface area is 126 Å². The minimum atomic E-state index is -0.123. The molecule has 0 saturated heterocycles. The zero-order valence-electron chi connectivity index (χ0n) is 12.6. The largest absolute Gasteiger partial charge is 0.326 e. The standard InChI is InChI=1S/C18H22N2O/c1-3-16(14-9-5-4-6-10-14)18(21)20(2)17-12-8-7-11-15(17)13-19/h4-12,16H,3,13,19H2,1-2H3. The number of hydrogen-bond acceptors (Lipinski definition) is 2. The quantitative estimate of drug-likeness (QED) is 0.914. The molecule has 2 rings (SSSR count). The van der Waals surface area contributed by atoms with Crippen molar-refractivity contribution in [1.29, 1.82) is 0 Å². The topological polar surface area (TPSA) is 46.3 Å². The predicted molar refractivity (Wildman–Crippen MR) is 87.2 cm³/mol. The van der Waals surface area contributed by atoms with Gasteiger partial charge in [-0.1, -0.05) is 55.5 Å². The van der Waals surface area contributed by atoms with Crippen LogP contribution in [0.1, 0.15) is 30.4 Å². The van der Waals surface area contributed by atoms with Crippen molar-refractivity contribution < 1.29 is 4.79 Å². The molecule has 2 aromatic carbocycles. The van der Waals surface area contributed by atoms with Crippen molar-refractivity contribution in [2.45, 2.75) is 25.8 Å². The fraction of sp³-hybridized carbons (Fsp3) is 0.278. The Morgan fingerprint density at radius 3 is 2.33 bits per heavy atom. The van der Waals surface area contributed by atoms with Crippen LogP contribution in [0.2, 0.25) is 0 Å². The van der Waals surface area contributed by atoms with Gasteiger partial charge >= 0.3 is 0 Å². The third kappa shape index (κ3) is 3.31. The Kier molecular flexibility index (Phi) is 5.12. The lowest BCUT2D eigenvalue weighted by atomic mass is 9.94. The number of carbonyl (C=O) groups excluding carboxylic acids is 1. The number of amides is 1. The zero-order valence-corrected chi connectivity index (χ0v) is 12.6. The van der Waals surface area contributed by atoms with Crippen molar-refractivity contribution >= 4 is 11.6 Å². The minimum Gasteiger partial charge on any atom is -0.326 e. The second-order valence-corrected chi connectivity index (χ2v) is 5.10. The van der Waals surface area contributed by atoms with Gasteiger partial charge < -0.3 is 10.6 Å². The van der Waals surface area contributed by atoms with E-state index in [1.54, 1.807) is 4.90 Å². The third-order valence-corrected chi connectivity index (χ3v) is 3.81. The molecule has 3 heteroatoms. The number of para-hydroxylation sites is 1. The Morgan fingerprint density at radius 2 is 1.71 bits per heavy atom. The molecule has 0 heterocycles. The summed E-state index contributed by atoms with van der Waals surface area (Å²) in [4.78, 5) is 14.6. The smallest absolute Gasteiger partial charge is 0.234 e. The van der Waals surface area contributed by atoms with Crippen LogP contribution < -0.4 is 10.6 Å². The average Bonchev–Trinajstić information content (AvgIpc) is 2.55. The molecule has 2 aromatic rings. The minimum absolute atomic E-state index is 0.101. The van der Waals surface area contributed by atoms with E-state index in [4.69, 9.17) is 5.73 Å². The molecule has 110 valence electrons. The molecule has 1 atom stereocenters. The van der Waals surface area contributed by atoms with Gasteiger partial charge in [0.05, 0.1) is 5.92 Å². The van der Waals surface area contributed by atoms with Crippen LogP contribution in [0.5, 0.6) is 0 Å². The molecule has 0 aliphatic heterocycles. The van der Waals surface area contributed by atoms with Gasteiger partial charge in [0.25, 0.3) is 0 Å². The molecule has 0 bridgehead atoms. The molecule has 0 aliphatic rings. The maximum Gasteiger partial charge on any atom is 0.234 e. The van der Waals surface area contributed by atoms with E-state index in [0.29, 0.717) is 6.54 Å². The molecule has 3 nitrogen and oxygen atoms in total. The van der Waals surface area contributed by atoms with Crippen LogP contribution in [-0.4, -0.2) is 13.0 Å². The molecule has 2 N–H and O–H groups in total. The van der Waals surface area contributed by atoms with Crippen molar-refractivity contribution in [2.75, 3.05) is 11.9 Å². The summed E-state index contributed by atoms with van der Waals surface area (Å²) < 4.78 is 0. The van der Waals surface area contributed by atoms with Crippen LogP contribution in [0, 0.1) is 0 Å². The number of likely N-dealkylation sites (N-methyl/N-ethyl adjacent to an activating group) is 1. The number of rotatable bonds is 5. The fourth-order valence-corrected chi connectivity index (χ4v) is 2.60. The zero-order chi connectivity index (χ0) is 15.2. The van der Waals surface area contributed by atoms with Crippen LogP contribution in [-0.2, 0) is 11.3 Å². The van der Waals surface area contributed by atoms with Crippen LogP contribution in [0.15, 0.2) is 54.6 Å². The maximum absolute atomic E-state index is 12.8. The average molecular weight is 282 g/mol. The molecule has 1 amide bonds. The van der Waals surface area contributed by atoms with Gasteiger partial charge in [0.1, 0.15) is 0 Å². The number of hydrogen-bond donors (Lipinski definition) is 1. The lowest BCUT2D eigenvalue weighted by Crippen LogP contribution is -2.32. The van der Waals surface area contributed by atoms with Gasteiger partial charge in [0, 0.05) is 19.3 Å². The van der Waals surface area contributed by atoms with Crippen molar-refractivity contribution in [3.05, 3.63) is 65.7 Å². The molecule has 1 unspecified atom stereocenters. The maximum atomic E-state index is 12.8. The van der Waals surface area contributed by atoms with E-state index >= 15 is 0 Å². The first-order valence-corrected chi connectivity index (χ1v) is 7.29. The molecular formula is C18H22N2O. The predicted octanol–water partition coefficient (Wildman–Crippen LogP) is 3.30. The van der Waals surface area contributed by atoms with Crippen molar-refractivity contribution in [2.24, 2.45) is 5.73 Å². The summed E-state index contributed by atoms with van der Waals surface area (Å²) >= 11 is 0. The van der Waals surface area contributed by atoms with E-state index in [9.17, 15) is 4.79 Å². The number of nitrogens with two attached hydrogens (primary N) is 1. The molecule has 0 radical (unpaired) electrons. The highest BCUT2D eigenvalue weighted by Gasteiger charge is 2.23. The summed E-state index contributed by atoms with van der Waals surface area (Å²) in [5.74, 6) is -0.0216. The number of benzene rings is 2. The number of anilines is 1. The van der Waals surface area contributed by atoms with Crippen LogP contribution in [0.3, 0.4) is 0 Å². The van der Waals surface area contributed by atoms with E-state index in [2.05, 4.69) is 0 Å². The van der Waals surface area contributed by atoms with Crippen LogP contribution in [0.4, 0.5) is 5.69 Å². The van der Waals surface area contributed by atoms with Crippen molar-refractivity contribution in [3.8, 4) is 0 Å². The lowest BCUT2D eigenvalue weighted by Gasteiger charge is -2.25. The Morgan fingerprint density at radius 1 is 1.10 bits per heavy atom. The first kappa shape index (κ1) is 15.3. The van der Waals surface area contributed by atoms with Gasteiger partial charge in [-0.05, 0) is 23.6 Å². The molecule has 21 heavy (non-hydrogen) atoms. The molecule has 0 fully saturated rings. The first-order chi connectivity index (χ1) is 10.2. The fourth-order valence-electron chi connectivity index (χ4n) is 2.60. The van der Waals surface area contributed by atoms with Gasteiger partial charge in [-0.3, -0.25) is 4.79 Å². The van der Waals surface area contributed by atoms with Gasteiger partial charge in [0.15, 0.2) is 0 Å². The Hall–Kier alpha value is -2.13. The summed E-state index contributed by atoms with van der Waals surface area (Å²) in [6.07, 6.45) is 0.776. The Balaban J connectivity index is 2.29. The highest BCUT2D eigenvalue weighted by Crippen LogP contribution is 2.26. The van der Waals surface area contributed by atoms with Crippen molar-refractivity contribution in [1.82, 2.24) is 0 Å². The second-order valence-electron chi connectivity index (χ2n) is 5.10. The monoisotopic (exact) mass is 282 g/mol. The molecule has 0 saturated carbocycles. The lowest BCUT2D eigenvalue weighted by molar-refractivity contribution is -0.119. The second kappa shape index (κ2) is 7.04. The van der Waals surface area contributed by atoms with E-state index in [0.717, 1.165) is 23.2 Å². The van der Waals surface area contributed by atoms with E-state index in [1.165, 1.54) is 0 Å². The van der Waals surface area contributed by atoms with E-state index in [-0.39, 0.29) is 11.8 Å². The van der Waals surface area contributed by atoms with Gasteiger partial charge in [-0.15, -0.1) is 0 Å². The third-order valence-electron chi connectivity index (χ3n) is 3.81. The van der Waals surface area contributed by atoms with E-state index < -0.39 is 0 Å². The molecule has 0 aromatic heterocycles. The van der Waals surface area contributed by atoms with Gasteiger partial charge in [0.2, 0.25) is 5.91 Å². The first-order valence-electron chi connectivity index (χ1n) is 7.29. The Bertz CT molecular complexity index is 595. The summed E-state index contributed by atoms with van der Waals surface area (Å²) in [6.45, 7) is 2.47. The molecular weight excluding hydrogens is 260 g/mol. The highest BCUT2D eigenvalue weighted by atomic mass is 16.2. The summed E-state index contributed by atoms with van der Waals surface area (Å²) in [5.41, 5.74) is 8.70. The van der Waals surface area contributed by atoms with Crippen LogP contribution in [0.25, 0.3) is 0 Å². The normalized spacial score (nSPS) is 12.0. The summed E-state index contributed by atoms with van der Waals surface area (Å²) in [6, 6.07) is 17.7. The number of nitrogens with zero attached hydrogens (tertiary/aromatic N) is 1. The van der Waals surface area contributed by atoms with Gasteiger partial charge in [-0.25, -0.2) is 0 Å². The van der Waals surface area contributed by atoms with E-state index in [1.807, 2.05) is 68.6 Å². The SMILES string of the molecule is CCC(C(=O)N(C)c1ccccc1CN)c1ccccc1. The summed E-state index contributed by atoms with van der Waals surface area (Å²) in [5, 5.41) is 0. The number of carbonyl (C=O) groups is 1. The van der Waals surface area contributed by atoms with Crippen molar-refractivity contribution in [3.63, 3.8) is 0 Å².